The Morgan fingerprint density at radius 2 is 1.73 bits per heavy atom. The number of carbonyl (C=O) groups excluding carboxylic acids is 1. The molecule has 0 atom stereocenters. The lowest BCUT2D eigenvalue weighted by Gasteiger charge is -2.24. The van der Waals surface area contributed by atoms with Gasteiger partial charge >= 0.3 is 0 Å². The van der Waals surface area contributed by atoms with Crippen LogP contribution in [0, 0.1) is 13.8 Å². The van der Waals surface area contributed by atoms with E-state index in [9.17, 15) is 4.79 Å². The molecule has 0 saturated carbocycles. The molecule has 6 heteroatoms. The molecular weight excluding hydrogens is 440 g/mol. The molecule has 0 unspecified atom stereocenters. The van der Waals surface area contributed by atoms with E-state index in [4.69, 9.17) is 0 Å². The van der Waals surface area contributed by atoms with Crippen LogP contribution in [0.15, 0.2) is 53.0 Å². The molecule has 5 nitrogen and oxygen atoms in total. The monoisotopic (exact) mass is 466 g/mol. The zero-order valence-electron chi connectivity index (χ0n) is 17.7. The third-order valence-electron chi connectivity index (χ3n) is 5.77. The van der Waals surface area contributed by atoms with E-state index in [1.165, 1.54) is 24.1 Å². The Hall–Kier alpha value is -2.60. The minimum absolute atomic E-state index is 0.00425. The summed E-state index contributed by atoms with van der Waals surface area (Å²) in [5.41, 5.74) is 5.66. The molecule has 1 aliphatic rings. The van der Waals surface area contributed by atoms with Crippen LogP contribution in [-0.2, 0) is 6.54 Å². The Labute approximate surface area is 186 Å². The maximum atomic E-state index is 13.4. The van der Waals surface area contributed by atoms with Crippen molar-refractivity contribution in [2.75, 3.05) is 25.0 Å². The number of rotatable bonds is 5. The third kappa shape index (κ3) is 4.01. The lowest BCUT2D eigenvalue weighted by Crippen LogP contribution is -2.28. The van der Waals surface area contributed by atoms with Gasteiger partial charge in [0.2, 0.25) is 0 Å². The van der Waals surface area contributed by atoms with Crippen LogP contribution >= 0.6 is 15.9 Å². The van der Waals surface area contributed by atoms with Crippen molar-refractivity contribution in [2.45, 2.75) is 33.2 Å². The predicted molar refractivity (Wildman–Crippen MR) is 124 cm³/mol. The number of hydrogen-bond donors (Lipinski definition) is 0. The molecule has 1 saturated heterocycles. The van der Waals surface area contributed by atoms with E-state index in [0.29, 0.717) is 12.1 Å². The van der Waals surface area contributed by atoms with E-state index in [2.05, 4.69) is 50.2 Å². The zero-order chi connectivity index (χ0) is 21.3. The summed E-state index contributed by atoms with van der Waals surface area (Å²) in [6, 6.07) is 16.4. The number of aryl methyl sites for hydroxylation is 1. The fraction of sp³-hybridized carbons (Fsp3) is 0.333. The highest BCUT2D eigenvalue weighted by Crippen LogP contribution is 2.27. The Balaban J connectivity index is 1.59. The van der Waals surface area contributed by atoms with Crippen LogP contribution in [-0.4, -0.2) is 40.7 Å². The van der Waals surface area contributed by atoms with Crippen LogP contribution in [0.5, 0.6) is 0 Å². The molecule has 1 aliphatic heterocycles. The SMILES string of the molecule is Cc1nn(-c2ccc(Br)cc2)c(C)c1C(=O)N(C)Cc1ccccc1N1CCCC1. The first kappa shape index (κ1) is 20.7. The molecule has 3 aromatic rings. The van der Waals surface area contributed by atoms with Crippen LogP contribution in [0.2, 0.25) is 0 Å². The molecule has 0 N–H and O–H groups in total. The van der Waals surface area contributed by atoms with E-state index >= 15 is 0 Å². The molecule has 0 spiro atoms. The second-order valence-corrected chi connectivity index (χ2v) is 8.83. The molecule has 2 heterocycles. The van der Waals surface area contributed by atoms with E-state index in [1.807, 2.05) is 49.8 Å². The normalized spacial score (nSPS) is 13.7. The number of amides is 1. The van der Waals surface area contributed by atoms with Crippen molar-refractivity contribution in [3.8, 4) is 5.69 Å². The average molecular weight is 467 g/mol. The van der Waals surface area contributed by atoms with Crippen LogP contribution < -0.4 is 4.90 Å². The Bertz CT molecular complexity index is 1050. The molecule has 1 amide bonds. The Kier molecular flexibility index (Phi) is 5.95. The van der Waals surface area contributed by atoms with E-state index in [-0.39, 0.29) is 5.91 Å². The number of anilines is 1. The summed E-state index contributed by atoms with van der Waals surface area (Å²) in [6.07, 6.45) is 2.47. The third-order valence-corrected chi connectivity index (χ3v) is 6.30. The van der Waals surface area contributed by atoms with Gasteiger partial charge in [-0.15, -0.1) is 0 Å². The highest BCUT2D eigenvalue weighted by atomic mass is 79.9. The number of para-hydroxylation sites is 1. The van der Waals surface area contributed by atoms with Gasteiger partial charge in [0.05, 0.1) is 22.6 Å². The van der Waals surface area contributed by atoms with Gasteiger partial charge in [0.1, 0.15) is 0 Å². The van der Waals surface area contributed by atoms with Gasteiger partial charge < -0.3 is 9.80 Å². The van der Waals surface area contributed by atoms with Crippen LogP contribution in [0.1, 0.15) is 40.2 Å². The second-order valence-electron chi connectivity index (χ2n) is 7.92. The molecule has 1 fully saturated rings. The van der Waals surface area contributed by atoms with Gasteiger partial charge in [-0.05, 0) is 62.6 Å². The lowest BCUT2D eigenvalue weighted by atomic mass is 10.1. The molecule has 156 valence electrons. The van der Waals surface area contributed by atoms with Crippen molar-refractivity contribution in [3.63, 3.8) is 0 Å². The van der Waals surface area contributed by atoms with Crippen LogP contribution in [0.3, 0.4) is 0 Å². The summed E-state index contributed by atoms with van der Waals surface area (Å²) in [6.45, 7) is 6.62. The smallest absolute Gasteiger partial charge is 0.257 e. The first-order chi connectivity index (χ1) is 14.5. The van der Waals surface area contributed by atoms with Gasteiger partial charge in [-0.25, -0.2) is 4.68 Å². The Morgan fingerprint density at radius 3 is 2.43 bits per heavy atom. The van der Waals surface area contributed by atoms with E-state index in [1.54, 1.807) is 4.90 Å². The molecule has 30 heavy (non-hydrogen) atoms. The summed E-state index contributed by atoms with van der Waals surface area (Å²) in [5.74, 6) is 0.00425. The topological polar surface area (TPSA) is 41.4 Å². The minimum Gasteiger partial charge on any atom is -0.371 e. The number of hydrogen-bond acceptors (Lipinski definition) is 3. The largest absolute Gasteiger partial charge is 0.371 e. The van der Waals surface area contributed by atoms with Crippen molar-refractivity contribution in [1.29, 1.82) is 0 Å². The van der Waals surface area contributed by atoms with Crippen molar-refractivity contribution in [1.82, 2.24) is 14.7 Å². The van der Waals surface area contributed by atoms with Gasteiger partial charge in [-0.3, -0.25) is 4.79 Å². The first-order valence-electron chi connectivity index (χ1n) is 10.4. The molecule has 1 aromatic heterocycles. The molecular formula is C24H27BrN4O. The molecule has 0 radical (unpaired) electrons. The Morgan fingerprint density at radius 1 is 1.07 bits per heavy atom. The van der Waals surface area contributed by atoms with E-state index in [0.717, 1.165) is 34.6 Å². The molecule has 0 bridgehead atoms. The highest BCUT2D eigenvalue weighted by Gasteiger charge is 2.24. The first-order valence-corrected chi connectivity index (χ1v) is 11.2. The standard InChI is InChI=1S/C24H27BrN4O/c1-17-23(18(2)29(26-17)21-12-10-20(25)11-13-21)24(30)27(3)16-19-8-4-5-9-22(19)28-14-6-7-15-28/h4-5,8-13H,6-7,14-16H2,1-3H3. The van der Waals surface area contributed by atoms with E-state index < -0.39 is 0 Å². The number of benzene rings is 2. The number of halogens is 1. The van der Waals surface area contributed by atoms with Gasteiger partial charge in [0.25, 0.3) is 5.91 Å². The highest BCUT2D eigenvalue weighted by molar-refractivity contribution is 9.10. The van der Waals surface area contributed by atoms with Crippen molar-refractivity contribution < 1.29 is 4.79 Å². The summed E-state index contributed by atoms with van der Waals surface area (Å²) in [4.78, 5) is 17.6. The van der Waals surface area contributed by atoms with Crippen molar-refractivity contribution in [3.05, 3.63) is 75.5 Å². The molecule has 0 aliphatic carbocycles. The molecule has 2 aromatic carbocycles. The molecule has 4 rings (SSSR count). The fourth-order valence-corrected chi connectivity index (χ4v) is 4.48. The predicted octanol–water partition coefficient (Wildman–Crippen LogP) is 5.12. The lowest BCUT2D eigenvalue weighted by molar-refractivity contribution is 0.0784. The number of aromatic nitrogens is 2. The summed E-state index contributed by atoms with van der Waals surface area (Å²) < 4.78 is 2.86. The van der Waals surface area contributed by atoms with Gasteiger partial charge in [0, 0.05) is 36.8 Å². The summed E-state index contributed by atoms with van der Waals surface area (Å²) in [7, 11) is 1.87. The maximum Gasteiger partial charge on any atom is 0.257 e. The van der Waals surface area contributed by atoms with Gasteiger partial charge in [0.15, 0.2) is 0 Å². The summed E-state index contributed by atoms with van der Waals surface area (Å²) >= 11 is 3.47. The quantitative estimate of drug-likeness (QED) is 0.523. The number of nitrogens with zero attached hydrogens (tertiary/aromatic N) is 4. The van der Waals surface area contributed by atoms with Crippen molar-refractivity contribution >= 4 is 27.5 Å². The van der Waals surface area contributed by atoms with Crippen molar-refractivity contribution in [2.24, 2.45) is 0 Å². The fourth-order valence-electron chi connectivity index (χ4n) is 4.22. The van der Waals surface area contributed by atoms with Gasteiger partial charge in [-0.2, -0.15) is 5.10 Å². The second kappa shape index (κ2) is 8.64. The number of carbonyl (C=O) groups is 1. The maximum absolute atomic E-state index is 13.4. The zero-order valence-corrected chi connectivity index (χ0v) is 19.3. The summed E-state index contributed by atoms with van der Waals surface area (Å²) in [5, 5.41) is 4.65. The minimum atomic E-state index is 0.00425. The van der Waals surface area contributed by atoms with Gasteiger partial charge in [-0.1, -0.05) is 34.1 Å². The van der Waals surface area contributed by atoms with Crippen LogP contribution in [0.25, 0.3) is 5.69 Å². The van der Waals surface area contributed by atoms with Crippen LogP contribution in [0.4, 0.5) is 5.69 Å². The average Bonchev–Trinajstić information content (AvgIpc) is 3.37.